The van der Waals surface area contributed by atoms with E-state index in [9.17, 15) is 0 Å². The molecule has 1 aromatic rings. The second-order valence-corrected chi connectivity index (χ2v) is 3.71. The van der Waals surface area contributed by atoms with Crippen LogP contribution < -0.4 is 11.2 Å². The summed E-state index contributed by atoms with van der Waals surface area (Å²) in [6, 6.07) is 7.37. The standard InChI is InChI=1S/C8H9N3OS/c9-6-3-1-5(2-4-6)7-10-11-8(12)13-7/h1-4,8,11-12H,9H2. The first-order chi connectivity index (χ1) is 6.25. The van der Waals surface area contributed by atoms with Crippen LogP contribution in [0.3, 0.4) is 0 Å². The van der Waals surface area contributed by atoms with Crippen molar-refractivity contribution in [3.05, 3.63) is 29.8 Å². The minimum atomic E-state index is -0.632. The number of anilines is 1. The molecule has 0 radical (unpaired) electrons. The maximum absolute atomic E-state index is 9.13. The Kier molecular flexibility index (Phi) is 2.12. The molecule has 1 aliphatic heterocycles. The van der Waals surface area contributed by atoms with E-state index in [1.807, 2.05) is 24.3 Å². The summed E-state index contributed by atoms with van der Waals surface area (Å²) >= 11 is 1.28. The number of hydrogen-bond acceptors (Lipinski definition) is 5. The Morgan fingerprint density at radius 1 is 1.38 bits per heavy atom. The first kappa shape index (κ1) is 8.40. The topological polar surface area (TPSA) is 70.6 Å². The third kappa shape index (κ3) is 1.76. The highest BCUT2D eigenvalue weighted by Crippen LogP contribution is 2.21. The van der Waals surface area contributed by atoms with E-state index < -0.39 is 5.56 Å². The normalized spacial score (nSPS) is 21.0. The van der Waals surface area contributed by atoms with Crippen LogP contribution in [0.15, 0.2) is 29.4 Å². The van der Waals surface area contributed by atoms with Gasteiger partial charge in [0.05, 0.1) is 0 Å². The van der Waals surface area contributed by atoms with E-state index in [-0.39, 0.29) is 0 Å². The first-order valence-corrected chi connectivity index (χ1v) is 4.67. The number of benzene rings is 1. The zero-order valence-corrected chi connectivity index (χ0v) is 7.58. The fourth-order valence-electron chi connectivity index (χ4n) is 1.03. The highest BCUT2D eigenvalue weighted by Gasteiger charge is 2.16. The summed E-state index contributed by atoms with van der Waals surface area (Å²) in [5.74, 6) is 0. The second kappa shape index (κ2) is 3.27. The number of nitrogens with zero attached hydrogens (tertiary/aromatic N) is 1. The van der Waals surface area contributed by atoms with E-state index in [0.29, 0.717) is 0 Å². The number of nitrogens with two attached hydrogens (primary N) is 1. The van der Waals surface area contributed by atoms with Crippen molar-refractivity contribution in [2.75, 3.05) is 5.73 Å². The van der Waals surface area contributed by atoms with Crippen molar-refractivity contribution < 1.29 is 5.11 Å². The number of hydrazone groups is 1. The highest BCUT2D eigenvalue weighted by molar-refractivity contribution is 8.15. The van der Waals surface area contributed by atoms with Gasteiger partial charge in [-0.3, -0.25) is 5.43 Å². The quantitative estimate of drug-likeness (QED) is 0.572. The third-order valence-corrected chi connectivity index (χ3v) is 2.54. The van der Waals surface area contributed by atoms with Gasteiger partial charge < -0.3 is 10.8 Å². The van der Waals surface area contributed by atoms with Crippen molar-refractivity contribution in [3.63, 3.8) is 0 Å². The van der Waals surface area contributed by atoms with Gasteiger partial charge in [0, 0.05) is 11.3 Å². The van der Waals surface area contributed by atoms with Crippen LogP contribution in [0.4, 0.5) is 5.69 Å². The number of aliphatic hydroxyl groups is 1. The van der Waals surface area contributed by atoms with Crippen molar-refractivity contribution in [1.29, 1.82) is 0 Å². The van der Waals surface area contributed by atoms with Gasteiger partial charge in [0.2, 0.25) is 0 Å². The molecule has 0 aromatic heterocycles. The predicted octanol–water partition coefficient (Wildman–Crippen LogP) is 0.543. The van der Waals surface area contributed by atoms with E-state index in [4.69, 9.17) is 10.8 Å². The molecule has 1 aromatic carbocycles. The summed E-state index contributed by atoms with van der Waals surface area (Å²) in [5, 5.41) is 13.9. The van der Waals surface area contributed by atoms with E-state index in [2.05, 4.69) is 10.5 Å². The molecule has 0 saturated carbocycles. The number of hydrogen-bond donors (Lipinski definition) is 3. The molecule has 4 N–H and O–H groups in total. The molecule has 1 heterocycles. The third-order valence-electron chi connectivity index (χ3n) is 1.66. The largest absolute Gasteiger partial charge is 0.399 e. The Labute approximate surface area is 79.8 Å². The molecule has 2 rings (SSSR count). The van der Waals surface area contributed by atoms with Crippen molar-refractivity contribution >= 4 is 22.5 Å². The Balaban J connectivity index is 2.22. The summed E-state index contributed by atoms with van der Waals surface area (Å²) in [6.45, 7) is 0. The van der Waals surface area contributed by atoms with Crippen LogP contribution in [-0.2, 0) is 0 Å². The number of rotatable bonds is 1. The Morgan fingerprint density at radius 3 is 2.62 bits per heavy atom. The van der Waals surface area contributed by atoms with Gasteiger partial charge in [0.25, 0.3) is 0 Å². The van der Waals surface area contributed by atoms with E-state index in [1.54, 1.807) is 0 Å². The van der Waals surface area contributed by atoms with Crippen LogP contribution in [0.5, 0.6) is 0 Å². The van der Waals surface area contributed by atoms with Crippen LogP contribution in [-0.4, -0.2) is 15.7 Å². The van der Waals surface area contributed by atoms with Gasteiger partial charge in [-0.15, -0.1) is 0 Å². The molecule has 0 spiro atoms. The zero-order chi connectivity index (χ0) is 9.26. The summed E-state index contributed by atoms with van der Waals surface area (Å²) in [4.78, 5) is 0. The Morgan fingerprint density at radius 2 is 2.08 bits per heavy atom. The molecule has 0 fully saturated rings. The minimum absolute atomic E-state index is 0.632. The fourth-order valence-corrected chi connectivity index (χ4v) is 1.73. The molecule has 0 saturated heterocycles. The Bertz CT molecular complexity index is 336. The van der Waals surface area contributed by atoms with Gasteiger partial charge in [-0.2, -0.15) is 5.10 Å². The van der Waals surface area contributed by atoms with Crippen LogP contribution in [0.2, 0.25) is 0 Å². The lowest BCUT2D eigenvalue weighted by Crippen LogP contribution is -2.13. The van der Waals surface area contributed by atoms with Gasteiger partial charge in [-0.05, 0) is 23.9 Å². The minimum Gasteiger partial charge on any atom is -0.399 e. The molecule has 4 nitrogen and oxygen atoms in total. The average Bonchev–Trinajstić information content (AvgIpc) is 2.53. The van der Waals surface area contributed by atoms with Gasteiger partial charge in [-0.25, -0.2) is 0 Å². The SMILES string of the molecule is Nc1ccc(C2=NNC(O)S2)cc1. The maximum Gasteiger partial charge on any atom is 0.194 e. The fraction of sp³-hybridized carbons (Fsp3) is 0.125. The highest BCUT2D eigenvalue weighted by atomic mass is 32.2. The van der Waals surface area contributed by atoms with Crippen LogP contribution in [0.25, 0.3) is 0 Å². The lowest BCUT2D eigenvalue weighted by molar-refractivity contribution is 0.232. The number of aliphatic hydroxyl groups excluding tert-OH is 1. The Hall–Kier alpha value is -1.20. The molecular weight excluding hydrogens is 186 g/mol. The van der Waals surface area contributed by atoms with Crippen LogP contribution in [0, 0.1) is 0 Å². The monoisotopic (exact) mass is 195 g/mol. The molecule has 0 bridgehead atoms. The van der Waals surface area contributed by atoms with Gasteiger partial charge >= 0.3 is 0 Å². The second-order valence-electron chi connectivity index (χ2n) is 2.64. The van der Waals surface area contributed by atoms with Crippen molar-refractivity contribution in [2.24, 2.45) is 5.10 Å². The van der Waals surface area contributed by atoms with Gasteiger partial charge in [-0.1, -0.05) is 12.1 Å². The van der Waals surface area contributed by atoms with Crippen LogP contribution in [0.1, 0.15) is 5.56 Å². The predicted molar refractivity (Wildman–Crippen MR) is 54.1 cm³/mol. The first-order valence-electron chi connectivity index (χ1n) is 3.79. The van der Waals surface area contributed by atoms with E-state index >= 15 is 0 Å². The number of nitrogens with one attached hydrogen (secondary N) is 1. The summed E-state index contributed by atoms with van der Waals surface area (Å²) < 4.78 is 0. The smallest absolute Gasteiger partial charge is 0.194 e. The molecule has 0 aliphatic carbocycles. The van der Waals surface area contributed by atoms with E-state index in [0.717, 1.165) is 16.3 Å². The average molecular weight is 195 g/mol. The molecule has 5 heteroatoms. The van der Waals surface area contributed by atoms with Gasteiger partial charge in [0.15, 0.2) is 5.56 Å². The molecule has 1 atom stereocenters. The van der Waals surface area contributed by atoms with E-state index in [1.165, 1.54) is 11.8 Å². The van der Waals surface area contributed by atoms with Crippen molar-refractivity contribution in [3.8, 4) is 0 Å². The molecule has 1 aliphatic rings. The molecule has 1 unspecified atom stereocenters. The summed E-state index contributed by atoms with van der Waals surface area (Å²) in [6.07, 6.45) is 0. The molecular formula is C8H9N3OS. The number of thioether (sulfide) groups is 1. The summed E-state index contributed by atoms with van der Waals surface area (Å²) in [5.41, 5.74) is 9.15. The summed E-state index contributed by atoms with van der Waals surface area (Å²) in [7, 11) is 0. The molecule has 13 heavy (non-hydrogen) atoms. The lowest BCUT2D eigenvalue weighted by atomic mass is 10.2. The molecule has 0 amide bonds. The van der Waals surface area contributed by atoms with Crippen molar-refractivity contribution in [1.82, 2.24) is 5.43 Å². The number of nitrogen functional groups attached to an aromatic ring is 1. The van der Waals surface area contributed by atoms with Crippen molar-refractivity contribution in [2.45, 2.75) is 5.56 Å². The van der Waals surface area contributed by atoms with Crippen LogP contribution >= 0.6 is 11.8 Å². The maximum atomic E-state index is 9.13. The lowest BCUT2D eigenvalue weighted by Gasteiger charge is -1.99. The zero-order valence-electron chi connectivity index (χ0n) is 6.77. The van der Waals surface area contributed by atoms with Gasteiger partial charge in [0.1, 0.15) is 5.04 Å². The molecule has 68 valence electrons.